The van der Waals surface area contributed by atoms with Crippen LogP contribution in [0.5, 0.6) is 5.88 Å². The van der Waals surface area contributed by atoms with Crippen molar-refractivity contribution < 1.29 is 22.4 Å². The maximum absolute atomic E-state index is 12.1. The van der Waals surface area contributed by atoms with Crippen molar-refractivity contribution in [3.8, 4) is 28.7 Å². The van der Waals surface area contributed by atoms with E-state index in [0.717, 1.165) is 5.56 Å². The number of alkyl halides is 3. The first-order valence-corrected chi connectivity index (χ1v) is 6.56. The number of pyridine rings is 1. The molecule has 0 bridgehead atoms. The van der Waals surface area contributed by atoms with Gasteiger partial charge in [0.05, 0.1) is 5.56 Å². The molecule has 0 saturated carbocycles. The molecule has 0 saturated heterocycles. The van der Waals surface area contributed by atoms with E-state index in [4.69, 9.17) is 4.52 Å². The highest BCUT2D eigenvalue weighted by atomic mass is 19.4. The van der Waals surface area contributed by atoms with Crippen molar-refractivity contribution in [2.45, 2.75) is 6.18 Å². The molecule has 8 heteroatoms. The normalized spacial score (nSPS) is 11.4. The Morgan fingerprint density at radius 2 is 1.78 bits per heavy atom. The Morgan fingerprint density at radius 3 is 2.43 bits per heavy atom. The van der Waals surface area contributed by atoms with Crippen molar-refractivity contribution in [3.63, 3.8) is 0 Å². The minimum Gasteiger partial charge on any atom is -0.468 e. The topological polar surface area (TPSA) is 61.0 Å². The fourth-order valence-corrected chi connectivity index (χ4v) is 1.79. The second-order valence-corrected chi connectivity index (χ2v) is 4.58. The third-order valence-electron chi connectivity index (χ3n) is 2.83. The molecular formula is C15H10F3N3O2. The monoisotopic (exact) mass is 321 g/mol. The molecule has 118 valence electrons. The molecule has 0 aliphatic rings. The molecule has 2 aromatic heterocycles. The molecule has 3 aromatic rings. The Bertz CT molecular complexity index is 771. The average molecular weight is 321 g/mol. The fraction of sp³-hybridized carbons (Fsp3) is 0.133. The first-order valence-electron chi connectivity index (χ1n) is 6.56. The van der Waals surface area contributed by atoms with Gasteiger partial charge in [-0.1, -0.05) is 35.5 Å². The third kappa shape index (κ3) is 3.85. The zero-order valence-corrected chi connectivity index (χ0v) is 11.6. The number of rotatable bonds is 4. The Balaban J connectivity index is 1.74. The van der Waals surface area contributed by atoms with Crippen molar-refractivity contribution in [2.24, 2.45) is 0 Å². The van der Waals surface area contributed by atoms with E-state index in [1.807, 2.05) is 30.3 Å². The van der Waals surface area contributed by atoms with Gasteiger partial charge in [-0.25, -0.2) is 4.98 Å². The molecule has 0 amide bonds. The van der Waals surface area contributed by atoms with Crippen LogP contribution in [0.3, 0.4) is 0 Å². The summed E-state index contributed by atoms with van der Waals surface area (Å²) in [7, 11) is 0. The van der Waals surface area contributed by atoms with Crippen LogP contribution in [0.2, 0.25) is 0 Å². The molecule has 23 heavy (non-hydrogen) atoms. The number of hydrogen-bond donors (Lipinski definition) is 0. The van der Waals surface area contributed by atoms with Crippen molar-refractivity contribution in [3.05, 3.63) is 48.7 Å². The largest absolute Gasteiger partial charge is 0.468 e. The van der Waals surface area contributed by atoms with Gasteiger partial charge in [0.1, 0.15) is 0 Å². The van der Waals surface area contributed by atoms with Gasteiger partial charge in [-0.2, -0.15) is 18.2 Å². The van der Waals surface area contributed by atoms with Crippen molar-refractivity contribution in [2.75, 3.05) is 6.61 Å². The highest BCUT2D eigenvalue weighted by Gasteiger charge is 2.28. The van der Waals surface area contributed by atoms with E-state index in [1.54, 1.807) is 0 Å². The van der Waals surface area contributed by atoms with Crippen molar-refractivity contribution in [1.82, 2.24) is 15.1 Å². The van der Waals surface area contributed by atoms with Crippen LogP contribution in [0, 0.1) is 0 Å². The molecule has 0 aliphatic carbocycles. The van der Waals surface area contributed by atoms with Crippen LogP contribution in [0.4, 0.5) is 13.2 Å². The van der Waals surface area contributed by atoms with E-state index >= 15 is 0 Å². The Kier molecular flexibility index (Phi) is 3.96. The summed E-state index contributed by atoms with van der Waals surface area (Å²) >= 11 is 0. The summed E-state index contributed by atoms with van der Waals surface area (Å²) in [6.07, 6.45) is -3.09. The van der Waals surface area contributed by atoms with Crippen molar-refractivity contribution >= 4 is 0 Å². The maximum Gasteiger partial charge on any atom is 0.422 e. The van der Waals surface area contributed by atoms with Gasteiger partial charge in [0.2, 0.25) is 11.7 Å². The predicted octanol–water partition coefficient (Wildman–Crippen LogP) is 3.74. The Labute approximate surface area is 128 Å². The summed E-state index contributed by atoms with van der Waals surface area (Å²) in [5.41, 5.74) is 1.28. The van der Waals surface area contributed by atoms with Crippen LogP contribution in [-0.2, 0) is 0 Å². The molecule has 1 aromatic carbocycles. The van der Waals surface area contributed by atoms with Crippen LogP contribution in [0.25, 0.3) is 22.8 Å². The van der Waals surface area contributed by atoms with Gasteiger partial charge >= 0.3 is 6.18 Å². The van der Waals surface area contributed by atoms with Crippen LogP contribution in [0.15, 0.2) is 53.2 Å². The van der Waals surface area contributed by atoms with Gasteiger partial charge in [0.25, 0.3) is 5.89 Å². The van der Waals surface area contributed by atoms with Crippen LogP contribution in [-0.4, -0.2) is 27.9 Å². The summed E-state index contributed by atoms with van der Waals surface area (Å²) in [6, 6.07) is 12.0. The van der Waals surface area contributed by atoms with Gasteiger partial charge < -0.3 is 9.26 Å². The highest BCUT2D eigenvalue weighted by Crippen LogP contribution is 2.23. The van der Waals surface area contributed by atoms with Crippen LogP contribution >= 0.6 is 0 Å². The zero-order valence-electron chi connectivity index (χ0n) is 11.6. The lowest BCUT2D eigenvalue weighted by Gasteiger charge is -2.07. The smallest absolute Gasteiger partial charge is 0.422 e. The molecule has 0 atom stereocenters. The van der Waals surface area contributed by atoms with Gasteiger partial charge in [0.15, 0.2) is 6.61 Å². The van der Waals surface area contributed by atoms with Gasteiger partial charge in [-0.3, -0.25) is 0 Å². The number of nitrogens with zero attached hydrogens (tertiary/aromatic N) is 3. The zero-order chi connectivity index (χ0) is 16.3. The number of hydrogen-bond acceptors (Lipinski definition) is 5. The summed E-state index contributed by atoms with van der Waals surface area (Å²) in [5, 5.41) is 3.86. The summed E-state index contributed by atoms with van der Waals surface area (Å²) in [4.78, 5) is 8.02. The Hall–Kier alpha value is -2.90. The minimum absolute atomic E-state index is 0.131. The van der Waals surface area contributed by atoms with E-state index in [1.165, 1.54) is 18.3 Å². The van der Waals surface area contributed by atoms with Gasteiger partial charge in [0, 0.05) is 17.8 Å². The van der Waals surface area contributed by atoms with E-state index in [2.05, 4.69) is 19.9 Å². The molecule has 0 radical (unpaired) electrons. The standard InChI is InChI=1S/C15H10F3N3O2/c16-15(17,18)9-22-12-7-6-11(8-19-12)14-20-13(21-23-14)10-4-2-1-3-5-10/h1-8H,9H2. The van der Waals surface area contributed by atoms with E-state index in [-0.39, 0.29) is 11.8 Å². The SMILES string of the molecule is FC(F)(F)COc1ccc(-c2nc(-c3ccccc3)no2)cn1. The highest BCUT2D eigenvalue weighted by molar-refractivity contribution is 5.59. The second kappa shape index (κ2) is 6.07. The molecule has 2 heterocycles. The quantitative estimate of drug-likeness (QED) is 0.732. The van der Waals surface area contributed by atoms with E-state index in [9.17, 15) is 13.2 Å². The number of aromatic nitrogens is 3. The van der Waals surface area contributed by atoms with Crippen molar-refractivity contribution in [1.29, 1.82) is 0 Å². The molecule has 0 fully saturated rings. The van der Waals surface area contributed by atoms with Gasteiger partial charge in [-0.05, 0) is 6.07 Å². The van der Waals surface area contributed by atoms with Crippen LogP contribution in [0.1, 0.15) is 0 Å². The number of benzene rings is 1. The van der Waals surface area contributed by atoms with E-state index < -0.39 is 12.8 Å². The fourth-order valence-electron chi connectivity index (χ4n) is 1.79. The summed E-state index contributed by atoms with van der Waals surface area (Å²) in [6.45, 7) is -1.39. The lowest BCUT2D eigenvalue weighted by molar-refractivity contribution is -0.154. The summed E-state index contributed by atoms with van der Waals surface area (Å²) in [5.74, 6) is 0.505. The second-order valence-electron chi connectivity index (χ2n) is 4.58. The minimum atomic E-state index is -4.41. The number of ether oxygens (including phenoxy) is 1. The lowest BCUT2D eigenvalue weighted by Crippen LogP contribution is -2.19. The predicted molar refractivity (Wildman–Crippen MR) is 74.5 cm³/mol. The maximum atomic E-state index is 12.1. The van der Waals surface area contributed by atoms with Gasteiger partial charge in [-0.15, -0.1) is 0 Å². The van der Waals surface area contributed by atoms with Crippen LogP contribution < -0.4 is 4.74 Å². The molecule has 0 N–H and O–H groups in total. The molecule has 3 rings (SSSR count). The molecule has 0 spiro atoms. The number of halogens is 3. The first-order chi connectivity index (χ1) is 11.0. The molecule has 0 unspecified atom stereocenters. The Morgan fingerprint density at radius 1 is 1.00 bits per heavy atom. The molecule has 5 nitrogen and oxygen atoms in total. The average Bonchev–Trinajstić information content (AvgIpc) is 3.04. The molecular weight excluding hydrogens is 311 g/mol. The third-order valence-corrected chi connectivity index (χ3v) is 2.83. The van der Waals surface area contributed by atoms with E-state index in [0.29, 0.717) is 11.4 Å². The summed E-state index contributed by atoms with van der Waals surface area (Å²) < 4.78 is 45.9. The molecule has 0 aliphatic heterocycles. The lowest BCUT2D eigenvalue weighted by atomic mass is 10.2. The first kappa shape index (κ1) is 15.0.